The van der Waals surface area contributed by atoms with E-state index in [2.05, 4.69) is 9.97 Å². The number of non-ortho nitro benzene ring substituents is 1. The molecule has 0 saturated heterocycles. The van der Waals surface area contributed by atoms with Gasteiger partial charge in [0.1, 0.15) is 17.3 Å². The number of hydrogen-bond acceptors (Lipinski definition) is 5. The molecule has 3 N–H and O–H groups in total. The van der Waals surface area contributed by atoms with Crippen molar-refractivity contribution < 1.29 is 15.1 Å². The summed E-state index contributed by atoms with van der Waals surface area (Å²) in [4.78, 5) is 18.4. The zero-order valence-corrected chi connectivity index (χ0v) is 14.5. The molecule has 7 nitrogen and oxygen atoms in total. The van der Waals surface area contributed by atoms with Crippen molar-refractivity contribution in [3.63, 3.8) is 0 Å². The van der Waals surface area contributed by atoms with E-state index in [0.29, 0.717) is 17.1 Å². The number of imidazole rings is 1. The van der Waals surface area contributed by atoms with E-state index in [1.807, 2.05) is 0 Å². The van der Waals surface area contributed by atoms with E-state index >= 15 is 0 Å². The molecule has 4 aromatic rings. The Morgan fingerprint density at radius 2 is 1.25 bits per heavy atom. The highest BCUT2D eigenvalue weighted by Crippen LogP contribution is 2.34. The number of rotatable bonds is 4. The molecule has 0 bridgehead atoms. The zero-order chi connectivity index (χ0) is 19.7. The Labute approximate surface area is 159 Å². The van der Waals surface area contributed by atoms with Gasteiger partial charge in [-0.05, 0) is 60.7 Å². The summed E-state index contributed by atoms with van der Waals surface area (Å²) in [5.74, 6) is 0.868. The van der Waals surface area contributed by atoms with Gasteiger partial charge >= 0.3 is 0 Å². The van der Waals surface area contributed by atoms with Crippen LogP contribution in [-0.4, -0.2) is 25.1 Å². The molecule has 0 spiro atoms. The van der Waals surface area contributed by atoms with Crippen LogP contribution in [0.15, 0.2) is 72.8 Å². The van der Waals surface area contributed by atoms with Gasteiger partial charge in [-0.1, -0.05) is 0 Å². The van der Waals surface area contributed by atoms with Crippen LogP contribution in [-0.2, 0) is 0 Å². The van der Waals surface area contributed by atoms with Crippen LogP contribution < -0.4 is 0 Å². The first-order valence-electron chi connectivity index (χ1n) is 8.45. The van der Waals surface area contributed by atoms with Crippen LogP contribution in [0.1, 0.15) is 0 Å². The third-order valence-electron chi connectivity index (χ3n) is 4.35. The number of H-pyrrole nitrogens is 1. The Bertz CT molecular complexity index is 1070. The predicted octanol–water partition coefficient (Wildman–Crippen LogP) is 4.73. The van der Waals surface area contributed by atoms with Crippen LogP contribution in [0.3, 0.4) is 0 Å². The maximum Gasteiger partial charge on any atom is 0.269 e. The van der Waals surface area contributed by atoms with Crippen LogP contribution in [0.4, 0.5) is 5.69 Å². The molecule has 0 atom stereocenters. The minimum atomic E-state index is -0.449. The van der Waals surface area contributed by atoms with E-state index in [1.54, 1.807) is 60.7 Å². The Balaban J connectivity index is 1.84. The number of aromatic hydroxyl groups is 2. The zero-order valence-electron chi connectivity index (χ0n) is 14.5. The van der Waals surface area contributed by atoms with E-state index in [4.69, 9.17) is 0 Å². The minimum absolute atomic E-state index is 0.00724. The Morgan fingerprint density at radius 3 is 1.79 bits per heavy atom. The highest BCUT2D eigenvalue weighted by Gasteiger charge is 2.16. The molecular weight excluding hydrogens is 358 g/mol. The topological polar surface area (TPSA) is 112 Å². The Hall–Kier alpha value is -4.13. The first-order valence-corrected chi connectivity index (χ1v) is 8.45. The van der Waals surface area contributed by atoms with E-state index in [0.717, 1.165) is 16.8 Å². The van der Waals surface area contributed by atoms with Crippen molar-refractivity contribution in [2.45, 2.75) is 0 Å². The number of aromatic nitrogens is 2. The van der Waals surface area contributed by atoms with Gasteiger partial charge in [-0.25, -0.2) is 4.98 Å². The summed E-state index contributed by atoms with van der Waals surface area (Å²) in [6, 6.07) is 19.5. The lowest BCUT2D eigenvalue weighted by molar-refractivity contribution is -0.384. The van der Waals surface area contributed by atoms with Gasteiger partial charge in [-0.3, -0.25) is 10.1 Å². The molecule has 0 saturated carbocycles. The number of aromatic amines is 1. The molecule has 4 rings (SSSR count). The number of benzene rings is 3. The maximum atomic E-state index is 10.9. The third kappa shape index (κ3) is 3.28. The Morgan fingerprint density at radius 1 is 0.750 bits per heavy atom. The summed E-state index contributed by atoms with van der Waals surface area (Å²) in [5, 5.41) is 30.0. The molecule has 0 unspecified atom stereocenters. The van der Waals surface area contributed by atoms with Crippen LogP contribution in [0.5, 0.6) is 11.5 Å². The molecule has 3 aromatic carbocycles. The maximum absolute atomic E-state index is 10.9. The first kappa shape index (κ1) is 17.3. The fourth-order valence-corrected chi connectivity index (χ4v) is 2.92. The predicted molar refractivity (Wildman–Crippen MR) is 105 cm³/mol. The highest BCUT2D eigenvalue weighted by molar-refractivity contribution is 5.81. The molecule has 1 aromatic heterocycles. The standard InChI is InChI=1S/C21H15N3O4/c25-17-9-3-13(4-10-17)19-20(14-5-11-18(26)12-6-14)23-21(22-19)15-1-7-16(8-2-15)24(27)28/h1-12,25-26H,(H,22,23). The van der Waals surface area contributed by atoms with Crippen LogP contribution in [0, 0.1) is 10.1 Å². The molecule has 1 heterocycles. The quantitative estimate of drug-likeness (QED) is 0.354. The second-order valence-electron chi connectivity index (χ2n) is 6.21. The van der Waals surface area contributed by atoms with Crippen molar-refractivity contribution in [2.75, 3.05) is 0 Å². The van der Waals surface area contributed by atoms with Crippen LogP contribution >= 0.6 is 0 Å². The molecule has 0 aliphatic rings. The summed E-state index contributed by atoms with van der Waals surface area (Å²) in [7, 11) is 0. The lowest BCUT2D eigenvalue weighted by Gasteiger charge is -2.04. The van der Waals surface area contributed by atoms with Gasteiger partial charge in [0.15, 0.2) is 0 Å². The van der Waals surface area contributed by atoms with Crippen molar-refractivity contribution in [1.82, 2.24) is 9.97 Å². The summed E-state index contributed by atoms with van der Waals surface area (Å²) < 4.78 is 0. The number of phenols is 2. The smallest absolute Gasteiger partial charge is 0.269 e. The Kier molecular flexibility index (Phi) is 4.25. The van der Waals surface area contributed by atoms with E-state index < -0.39 is 4.92 Å². The van der Waals surface area contributed by atoms with E-state index in [1.165, 1.54) is 12.1 Å². The van der Waals surface area contributed by atoms with Gasteiger partial charge in [0.25, 0.3) is 5.69 Å². The molecular formula is C21H15N3O4. The fourth-order valence-electron chi connectivity index (χ4n) is 2.92. The lowest BCUT2D eigenvalue weighted by atomic mass is 10.0. The normalized spacial score (nSPS) is 10.7. The van der Waals surface area contributed by atoms with E-state index in [-0.39, 0.29) is 17.2 Å². The highest BCUT2D eigenvalue weighted by atomic mass is 16.6. The molecule has 138 valence electrons. The SMILES string of the molecule is O=[N+]([O-])c1ccc(-c2nc(-c3ccc(O)cc3)c(-c3ccc(O)cc3)[nH]2)cc1. The average molecular weight is 373 g/mol. The summed E-state index contributed by atoms with van der Waals surface area (Å²) in [6.45, 7) is 0. The molecule has 0 radical (unpaired) electrons. The monoisotopic (exact) mass is 373 g/mol. The van der Waals surface area contributed by atoms with Crippen LogP contribution in [0.2, 0.25) is 0 Å². The summed E-state index contributed by atoms with van der Waals surface area (Å²) in [5.41, 5.74) is 3.73. The van der Waals surface area contributed by atoms with E-state index in [9.17, 15) is 20.3 Å². The molecule has 0 fully saturated rings. The number of nitro groups is 1. The molecule has 0 amide bonds. The van der Waals surface area contributed by atoms with Gasteiger partial charge in [0, 0.05) is 28.8 Å². The molecule has 0 aliphatic carbocycles. The lowest BCUT2D eigenvalue weighted by Crippen LogP contribution is -1.87. The van der Waals surface area contributed by atoms with Gasteiger partial charge in [-0.2, -0.15) is 0 Å². The van der Waals surface area contributed by atoms with Crippen molar-refractivity contribution in [1.29, 1.82) is 0 Å². The third-order valence-corrected chi connectivity index (χ3v) is 4.35. The van der Waals surface area contributed by atoms with Crippen LogP contribution in [0.25, 0.3) is 33.9 Å². The van der Waals surface area contributed by atoms with Crippen molar-refractivity contribution in [2.24, 2.45) is 0 Å². The fraction of sp³-hybridized carbons (Fsp3) is 0. The number of nitrogens with one attached hydrogen (secondary N) is 1. The second kappa shape index (κ2) is 6.88. The van der Waals surface area contributed by atoms with Gasteiger partial charge in [0.05, 0.1) is 16.3 Å². The largest absolute Gasteiger partial charge is 0.508 e. The number of nitro benzene ring substituents is 1. The van der Waals surface area contributed by atoms with Crippen molar-refractivity contribution in [3.8, 4) is 45.4 Å². The van der Waals surface area contributed by atoms with Gasteiger partial charge in [-0.15, -0.1) is 0 Å². The molecule has 0 aliphatic heterocycles. The summed E-state index contributed by atoms with van der Waals surface area (Å²) >= 11 is 0. The number of phenolic OH excluding ortho intramolecular Hbond substituents is 2. The summed E-state index contributed by atoms with van der Waals surface area (Å²) in [6.07, 6.45) is 0. The van der Waals surface area contributed by atoms with Crippen molar-refractivity contribution in [3.05, 3.63) is 82.9 Å². The molecule has 7 heteroatoms. The number of nitrogens with zero attached hydrogens (tertiary/aromatic N) is 2. The molecule has 28 heavy (non-hydrogen) atoms. The number of hydrogen-bond donors (Lipinski definition) is 3. The average Bonchev–Trinajstić information content (AvgIpc) is 3.14. The minimum Gasteiger partial charge on any atom is -0.508 e. The van der Waals surface area contributed by atoms with Gasteiger partial charge < -0.3 is 15.2 Å². The van der Waals surface area contributed by atoms with Gasteiger partial charge in [0.2, 0.25) is 0 Å². The second-order valence-corrected chi connectivity index (χ2v) is 6.21. The van der Waals surface area contributed by atoms with Crippen molar-refractivity contribution >= 4 is 5.69 Å². The first-order chi connectivity index (χ1) is 13.5.